The Morgan fingerprint density at radius 3 is 2.26 bits per heavy atom. The number of imide groups is 1. The number of rotatable bonds is 6. The van der Waals surface area contributed by atoms with Crippen molar-refractivity contribution in [3.05, 3.63) is 23.3 Å². The maximum atomic E-state index is 13.3. The van der Waals surface area contributed by atoms with Crippen LogP contribution in [0.5, 0.6) is 11.5 Å². The van der Waals surface area contributed by atoms with Crippen molar-refractivity contribution in [3.63, 3.8) is 0 Å². The molecule has 3 rings (SSSR count). The molecule has 1 saturated heterocycles. The second kappa shape index (κ2) is 8.69. The average Bonchev–Trinajstić information content (AvgIpc) is 2.92. The highest BCUT2D eigenvalue weighted by Gasteiger charge is 2.53. The van der Waals surface area contributed by atoms with Crippen molar-refractivity contribution >= 4 is 11.9 Å². The molecule has 0 bridgehead atoms. The molecular formula is C24H37N3O4. The van der Waals surface area contributed by atoms with Gasteiger partial charge in [-0.1, -0.05) is 20.8 Å². The summed E-state index contributed by atoms with van der Waals surface area (Å²) in [6.07, 6.45) is 3.36. The van der Waals surface area contributed by atoms with E-state index in [4.69, 9.17) is 9.47 Å². The van der Waals surface area contributed by atoms with Crippen molar-refractivity contribution < 1.29 is 19.1 Å². The maximum Gasteiger partial charge on any atom is 0.326 e. The molecule has 31 heavy (non-hydrogen) atoms. The molecular weight excluding hydrogens is 394 g/mol. The van der Waals surface area contributed by atoms with Crippen LogP contribution in [0.4, 0.5) is 4.79 Å². The second-order valence-electron chi connectivity index (χ2n) is 10.2. The smallest absolute Gasteiger partial charge is 0.326 e. The molecule has 1 aliphatic heterocycles. The van der Waals surface area contributed by atoms with Crippen LogP contribution in [0, 0.1) is 18.3 Å². The molecule has 1 aromatic carbocycles. The van der Waals surface area contributed by atoms with Crippen LogP contribution < -0.4 is 14.8 Å². The SMILES string of the molecule is COc1cc(C)c(CN(C)CN2C(=O)NC3(CCC(C(C)(C)C)CC3)C2=O)cc1OC. The minimum atomic E-state index is -0.723. The first-order valence-electron chi connectivity index (χ1n) is 11.0. The summed E-state index contributed by atoms with van der Waals surface area (Å²) in [5.74, 6) is 1.85. The van der Waals surface area contributed by atoms with Gasteiger partial charge in [0.05, 0.1) is 20.9 Å². The van der Waals surface area contributed by atoms with Gasteiger partial charge in [0.1, 0.15) is 5.54 Å². The first kappa shape index (κ1) is 23.4. The van der Waals surface area contributed by atoms with Gasteiger partial charge in [0.2, 0.25) is 0 Å². The molecule has 172 valence electrons. The Balaban J connectivity index is 1.67. The number of carbonyl (C=O) groups is 2. The van der Waals surface area contributed by atoms with Crippen LogP contribution in [0.25, 0.3) is 0 Å². The third-order valence-electron chi connectivity index (χ3n) is 6.98. The molecule has 1 aromatic rings. The highest BCUT2D eigenvalue weighted by molar-refractivity contribution is 6.07. The van der Waals surface area contributed by atoms with E-state index in [1.165, 1.54) is 4.90 Å². The van der Waals surface area contributed by atoms with Crippen LogP contribution in [0.1, 0.15) is 57.6 Å². The van der Waals surface area contributed by atoms with Crippen LogP contribution in [0.15, 0.2) is 12.1 Å². The largest absolute Gasteiger partial charge is 0.493 e. The van der Waals surface area contributed by atoms with E-state index >= 15 is 0 Å². The molecule has 3 amide bonds. The molecule has 2 aliphatic rings. The van der Waals surface area contributed by atoms with E-state index in [-0.39, 0.29) is 24.0 Å². The van der Waals surface area contributed by atoms with Crippen molar-refractivity contribution in [1.82, 2.24) is 15.1 Å². The van der Waals surface area contributed by atoms with Gasteiger partial charge in [-0.05, 0) is 74.2 Å². The average molecular weight is 432 g/mol. The van der Waals surface area contributed by atoms with Crippen LogP contribution in [0.3, 0.4) is 0 Å². The number of hydrogen-bond acceptors (Lipinski definition) is 5. The Morgan fingerprint density at radius 1 is 1.13 bits per heavy atom. The first-order valence-corrected chi connectivity index (χ1v) is 11.0. The summed E-state index contributed by atoms with van der Waals surface area (Å²) < 4.78 is 10.8. The number of methoxy groups -OCH3 is 2. The van der Waals surface area contributed by atoms with Crippen LogP contribution in [-0.4, -0.2) is 55.2 Å². The monoisotopic (exact) mass is 431 g/mol. The van der Waals surface area contributed by atoms with Gasteiger partial charge < -0.3 is 14.8 Å². The minimum Gasteiger partial charge on any atom is -0.493 e. The molecule has 7 nitrogen and oxygen atoms in total. The van der Waals surface area contributed by atoms with Gasteiger partial charge in [-0.15, -0.1) is 0 Å². The van der Waals surface area contributed by atoms with Gasteiger partial charge in [0.25, 0.3) is 5.91 Å². The summed E-state index contributed by atoms with van der Waals surface area (Å²) >= 11 is 0. The third kappa shape index (κ3) is 4.66. The van der Waals surface area contributed by atoms with Crippen molar-refractivity contribution in [2.45, 2.75) is 65.5 Å². The standard InChI is InChI=1S/C24H37N3O4/c1-16-12-19(30-6)20(31-7)13-17(16)14-26(5)15-27-21(28)24(25-22(27)29)10-8-18(9-11-24)23(2,3)4/h12-13,18H,8-11,14-15H2,1-7H3,(H,25,29). The lowest BCUT2D eigenvalue weighted by Crippen LogP contribution is -2.51. The van der Waals surface area contributed by atoms with Crippen LogP contribution >= 0.6 is 0 Å². The van der Waals surface area contributed by atoms with Gasteiger partial charge in [-0.25, -0.2) is 9.69 Å². The molecule has 0 aromatic heterocycles. The molecule has 1 spiro atoms. The molecule has 1 heterocycles. The van der Waals surface area contributed by atoms with E-state index in [1.807, 2.05) is 31.0 Å². The number of ether oxygens (including phenoxy) is 2. The summed E-state index contributed by atoms with van der Waals surface area (Å²) in [6, 6.07) is 3.61. The molecule has 7 heteroatoms. The number of urea groups is 1. The number of hydrogen-bond donors (Lipinski definition) is 1. The first-order chi connectivity index (χ1) is 14.5. The van der Waals surface area contributed by atoms with E-state index in [0.29, 0.717) is 36.8 Å². The summed E-state index contributed by atoms with van der Waals surface area (Å²) in [5, 5.41) is 3.03. The number of nitrogens with one attached hydrogen (secondary N) is 1. The van der Waals surface area contributed by atoms with Crippen LogP contribution in [0.2, 0.25) is 0 Å². The summed E-state index contributed by atoms with van der Waals surface area (Å²) in [5.41, 5.74) is 1.63. The molecule has 1 saturated carbocycles. The van der Waals surface area contributed by atoms with Gasteiger partial charge in [0, 0.05) is 6.54 Å². The fourth-order valence-corrected chi connectivity index (χ4v) is 4.90. The lowest BCUT2D eigenvalue weighted by molar-refractivity contribution is -0.134. The van der Waals surface area contributed by atoms with Gasteiger partial charge >= 0.3 is 6.03 Å². The normalized spacial score (nSPS) is 24.1. The Morgan fingerprint density at radius 2 is 1.71 bits per heavy atom. The number of amides is 3. The molecule has 0 radical (unpaired) electrons. The fraction of sp³-hybridized carbons (Fsp3) is 0.667. The lowest BCUT2D eigenvalue weighted by Gasteiger charge is -2.40. The molecule has 1 N–H and O–H groups in total. The second-order valence-corrected chi connectivity index (χ2v) is 10.2. The van der Waals surface area contributed by atoms with Crippen molar-refractivity contribution in [2.24, 2.45) is 11.3 Å². The predicted octanol–water partition coefficient (Wildman–Crippen LogP) is 3.93. The number of aryl methyl sites for hydroxylation is 1. The number of nitrogens with zero attached hydrogens (tertiary/aromatic N) is 2. The van der Waals surface area contributed by atoms with E-state index in [1.54, 1.807) is 14.2 Å². The van der Waals surface area contributed by atoms with Gasteiger partial charge in [-0.2, -0.15) is 0 Å². The Hall–Kier alpha value is -2.28. The maximum absolute atomic E-state index is 13.3. The lowest BCUT2D eigenvalue weighted by atomic mass is 9.67. The molecule has 2 fully saturated rings. The summed E-state index contributed by atoms with van der Waals surface area (Å²) in [4.78, 5) is 29.3. The molecule has 0 atom stereocenters. The van der Waals surface area contributed by atoms with Gasteiger partial charge in [0.15, 0.2) is 11.5 Å². The predicted molar refractivity (Wildman–Crippen MR) is 120 cm³/mol. The zero-order chi connectivity index (χ0) is 23.0. The van der Waals surface area contributed by atoms with Gasteiger partial charge in [-0.3, -0.25) is 9.69 Å². The number of carbonyl (C=O) groups excluding carboxylic acids is 2. The van der Waals surface area contributed by atoms with E-state index in [0.717, 1.165) is 24.0 Å². The molecule has 0 unspecified atom stereocenters. The zero-order valence-electron chi connectivity index (χ0n) is 20.0. The highest BCUT2D eigenvalue weighted by Crippen LogP contribution is 2.43. The van der Waals surface area contributed by atoms with Crippen molar-refractivity contribution in [1.29, 1.82) is 0 Å². The summed E-state index contributed by atoms with van der Waals surface area (Å²) in [6.45, 7) is 9.61. The quantitative estimate of drug-likeness (QED) is 0.691. The summed E-state index contributed by atoms with van der Waals surface area (Å²) in [7, 11) is 5.14. The van der Waals surface area contributed by atoms with E-state index < -0.39 is 5.54 Å². The minimum absolute atomic E-state index is 0.0826. The Labute approximate surface area is 186 Å². The number of benzene rings is 1. The fourth-order valence-electron chi connectivity index (χ4n) is 4.90. The highest BCUT2D eigenvalue weighted by atomic mass is 16.5. The third-order valence-corrected chi connectivity index (χ3v) is 6.98. The van der Waals surface area contributed by atoms with E-state index in [2.05, 4.69) is 26.1 Å². The zero-order valence-corrected chi connectivity index (χ0v) is 20.0. The van der Waals surface area contributed by atoms with Crippen molar-refractivity contribution in [3.8, 4) is 11.5 Å². The topological polar surface area (TPSA) is 71.1 Å². The Bertz CT molecular complexity index is 838. The van der Waals surface area contributed by atoms with E-state index in [9.17, 15) is 9.59 Å². The molecule has 1 aliphatic carbocycles. The Kier molecular flexibility index (Phi) is 6.56. The van der Waals surface area contributed by atoms with Crippen molar-refractivity contribution in [2.75, 3.05) is 27.9 Å². The van der Waals surface area contributed by atoms with Crippen LogP contribution in [-0.2, 0) is 11.3 Å².